The van der Waals surface area contributed by atoms with Crippen LogP contribution < -0.4 is 5.43 Å². The van der Waals surface area contributed by atoms with Gasteiger partial charge in [0.2, 0.25) is 5.43 Å². The van der Waals surface area contributed by atoms with Crippen LogP contribution in [0.1, 0.15) is 5.56 Å². The van der Waals surface area contributed by atoms with E-state index in [0.717, 1.165) is 31.9 Å². The fourth-order valence-corrected chi connectivity index (χ4v) is 3.24. The Morgan fingerprint density at radius 2 is 1.83 bits per heavy atom. The Morgan fingerprint density at radius 1 is 1.04 bits per heavy atom. The first kappa shape index (κ1) is 14.7. The van der Waals surface area contributed by atoms with Crippen molar-refractivity contribution in [1.82, 2.24) is 4.90 Å². The summed E-state index contributed by atoms with van der Waals surface area (Å²) in [6.07, 6.45) is 0. The third-order valence-corrected chi connectivity index (χ3v) is 4.63. The number of halogens is 1. The highest BCUT2D eigenvalue weighted by Crippen LogP contribution is 2.28. The number of hydrogen-bond acceptors (Lipinski definition) is 4. The van der Waals surface area contributed by atoms with Gasteiger partial charge in [-0.3, -0.25) is 9.69 Å². The Labute approximate surface area is 138 Å². The van der Waals surface area contributed by atoms with Gasteiger partial charge >= 0.3 is 0 Å². The monoisotopic (exact) mass is 329 g/mol. The minimum Gasteiger partial charge on any atom is -0.455 e. The topological polar surface area (TPSA) is 42.7 Å². The summed E-state index contributed by atoms with van der Waals surface area (Å²) in [4.78, 5) is 15.0. The maximum atomic E-state index is 12.7. The van der Waals surface area contributed by atoms with E-state index in [4.69, 9.17) is 20.8 Å². The Bertz CT molecular complexity index is 929. The number of fused-ring (bicyclic) bond motifs is 2. The second-order valence-corrected chi connectivity index (χ2v) is 6.13. The summed E-state index contributed by atoms with van der Waals surface area (Å²) in [6, 6.07) is 10.8. The summed E-state index contributed by atoms with van der Waals surface area (Å²) < 4.78 is 11.4. The van der Waals surface area contributed by atoms with Crippen LogP contribution in [0.25, 0.3) is 21.9 Å². The molecule has 1 fully saturated rings. The fraction of sp³-hybridized carbons (Fsp3) is 0.278. The van der Waals surface area contributed by atoms with Crippen LogP contribution in [0.15, 0.2) is 45.6 Å². The van der Waals surface area contributed by atoms with Crippen LogP contribution >= 0.6 is 11.6 Å². The van der Waals surface area contributed by atoms with Gasteiger partial charge in [-0.05, 0) is 24.3 Å². The number of ether oxygens (including phenoxy) is 1. The van der Waals surface area contributed by atoms with Gasteiger partial charge in [0, 0.05) is 30.2 Å². The summed E-state index contributed by atoms with van der Waals surface area (Å²) in [5.74, 6) is 0. The van der Waals surface area contributed by atoms with E-state index >= 15 is 0 Å². The van der Waals surface area contributed by atoms with Crippen molar-refractivity contribution in [3.8, 4) is 0 Å². The first-order chi connectivity index (χ1) is 11.2. The van der Waals surface area contributed by atoms with Crippen LogP contribution in [0.4, 0.5) is 0 Å². The highest BCUT2D eigenvalue weighted by Gasteiger charge is 2.18. The Morgan fingerprint density at radius 3 is 2.65 bits per heavy atom. The first-order valence-electron chi connectivity index (χ1n) is 7.67. The van der Waals surface area contributed by atoms with Gasteiger partial charge in [0.15, 0.2) is 0 Å². The van der Waals surface area contributed by atoms with Crippen LogP contribution in [0.3, 0.4) is 0 Å². The standard InChI is InChI=1S/C18H16ClNO3/c19-15-6-5-13-17(21)12-3-1-2-4-16(12)23-18(13)14(15)11-20-7-9-22-10-8-20/h1-6H,7-11H2. The molecule has 4 rings (SSSR count). The second-order valence-electron chi connectivity index (χ2n) is 5.72. The number of nitrogens with zero attached hydrogens (tertiary/aromatic N) is 1. The van der Waals surface area contributed by atoms with E-state index in [-0.39, 0.29) is 5.43 Å². The van der Waals surface area contributed by atoms with E-state index < -0.39 is 0 Å². The van der Waals surface area contributed by atoms with Crippen LogP contribution in [-0.2, 0) is 11.3 Å². The molecule has 0 radical (unpaired) electrons. The molecule has 4 nitrogen and oxygen atoms in total. The minimum atomic E-state index is -0.0123. The van der Waals surface area contributed by atoms with E-state index in [1.54, 1.807) is 18.2 Å². The van der Waals surface area contributed by atoms with Crippen molar-refractivity contribution in [3.63, 3.8) is 0 Å². The lowest BCUT2D eigenvalue weighted by Crippen LogP contribution is -2.35. The van der Waals surface area contributed by atoms with Crippen LogP contribution in [0.2, 0.25) is 5.02 Å². The molecule has 0 N–H and O–H groups in total. The smallest absolute Gasteiger partial charge is 0.200 e. The van der Waals surface area contributed by atoms with Crippen molar-refractivity contribution in [2.45, 2.75) is 6.54 Å². The second kappa shape index (κ2) is 5.96. The summed E-state index contributed by atoms with van der Waals surface area (Å²) in [5.41, 5.74) is 2.04. The zero-order valence-electron chi connectivity index (χ0n) is 12.5. The van der Waals surface area contributed by atoms with Crippen molar-refractivity contribution in [1.29, 1.82) is 0 Å². The van der Waals surface area contributed by atoms with E-state index in [0.29, 0.717) is 33.5 Å². The molecule has 0 atom stereocenters. The van der Waals surface area contributed by atoms with E-state index in [1.807, 2.05) is 18.2 Å². The molecule has 0 bridgehead atoms. The van der Waals surface area contributed by atoms with Gasteiger partial charge in [0.05, 0.1) is 24.0 Å². The van der Waals surface area contributed by atoms with Crippen LogP contribution in [0.5, 0.6) is 0 Å². The molecular weight excluding hydrogens is 314 g/mol. The molecule has 3 aromatic rings. The molecular formula is C18H16ClNO3. The van der Waals surface area contributed by atoms with Gasteiger partial charge in [0.25, 0.3) is 0 Å². The lowest BCUT2D eigenvalue weighted by Gasteiger charge is -2.27. The van der Waals surface area contributed by atoms with Crippen LogP contribution in [0, 0.1) is 0 Å². The van der Waals surface area contributed by atoms with Gasteiger partial charge in [0.1, 0.15) is 11.2 Å². The molecule has 1 aromatic heterocycles. The lowest BCUT2D eigenvalue weighted by atomic mass is 10.1. The average molecular weight is 330 g/mol. The maximum Gasteiger partial charge on any atom is 0.200 e. The highest BCUT2D eigenvalue weighted by atomic mass is 35.5. The molecule has 23 heavy (non-hydrogen) atoms. The third kappa shape index (κ3) is 2.63. The van der Waals surface area contributed by atoms with Crippen molar-refractivity contribution >= 4 is 33.5 Å². The Kier molecular flexibility index (Phi) is 3.81. The van der Waals surface area contributed by atoms with E-state index in [1.165, 1.54) is 0 Å². The summed E-state index contributed by atoms with van der Waals surface area (Å²) in [5, 5.41) is 1.80. The molecule has 118 valence electrons. The average Bonchev–Trinajstić information content (AvgIpc) is 2.59. The fourth-order valence-electron chi connectivity index (χ4n) is 3.03. The number of morpholine rings is 1. The Hall–Kier alpha value is -1.88. The van der Waals surface area contributed by atoms with Gasteiger partial charge in [-0.1, -0.05) is 23.7 Å². The maximum absolute atomic E-state index is 12.7. The quantitative estimate of drug-likeness (QED) is 0.676. The summed E-state index contributed by atoms with van der Waals surface area (Å²) in [6.45, 7) is 3.79. The molecule has 1 aliphatic heterocycles. The minimum absolute atomic E-state index is 0.0123. The van der Waals surface area contributed by atoms with Crippen molar-refractivity contribution in [2.24, 2.45) is 0 Å². The molecule has 0 saturated carbocycles. The Balaban J connectivity index is 1.91. The molecule has 2 heterocycles. The third-order valence-electron chi connectivity index (χ3n) is 4.28. The van der Waals surface area contributed by atoms with Crippen molar-refractivity contribution in [3.05, 3.63) is 57.2 Å². The molecule has 1 aliphatic rings. The highest BCUT2D eigenvalue weighted by molar-refractivity contribution is 6.32. The number of rotatable bonds is 2. The van der Waals surface area contributed by atoms with Crippen molar-refractivity contribution < 1.29 is 9.15 Å². The number of hydrogen-bond donors (Lipinski definition) is 0. The molecule has 0 aliphatic carbocycles. The van der Waals surface area contributed by atoms with E-state index in [9.17, 15) is 4.79 Å². The van der Waals surface area contributed by atoms with Gasteiger partial charge in [-0.2, -0.15) is 0 Å². The zero-order valence-corrected chi connectivity index (χ0v) is 13.3. The largest absolute Gasteiger partial charge is 0.455 e. The molecule has 1 saturated heterocycles. The van der Waals surface area contributed by atoms with E-state index in [2.05, 4.69) is 4.90 Å². The zero-order chi connectivity index (χ0) is 15.8. The van der Waals surface area contributed by atoms with Crippen LogP contribution in [-0.4, -0.2) is 31.2 Å². The molecule has 0 amide bonds. The predicted molar refractivity (Wildman–Crippen MR) is 91.1 cm³/mol. The molecule has 0 spiro atoms. The predicted octanol–water partition coefficient (Wildman–Crippen LogP) is 3.43. The summed E-state index contributed by atoms with van der Waals surface area (Å²) >= 11 is 6.41. The molecule has 2 aromatic carbocycles. The van der Waals surface area contributed by atoms with Crippen molar-refractivity contribution in [2.75, 3.05) is 26.3 Å². The SMILES string of the molecule is O=c1c2ccccc2oc2c(CN3CCOCC3)c(Cl)ccc12. The number of para-hydroxylation sites is 1. The molecule has 0 unspecified atom stereocenters. The van der Waals surface area contributed by atoms with Gasteiger partial charge < -0.3 is 9.15 Å². The first-order valence-corrected chi connectivity index (χ1v) is 8.05. The normalized spacial score (nSPS) is 16.2. The summed E-state index contributed by atoms with van der Waals surface area (Å²) in [7, 11) is 0. The lowest BCUT2D eigenvalue weighted by molar-refractivity contribution is 0.0342. The number of benzene rings is 2. The van der Waals surface area contributed by atoms with Gasteiger partial charge in [-0.25, -0.2) is 0 Å². The molecule has 5 heteroatoms. The van der Waals surface area contributed by atoms with Gasteiger partial charge in [-0.15, -0.1) is 0 Å².